The predicted molar refractivity (Wildman–Crippen MR) is 117 cm³/mol. The molecular formula is C24H23FN4O2. The monoisotopic (exact) mass is 418 g/mol. The molecule has 4 aromatic rings. The van der Waals surface area contributed by atoms with Crippen molar-refractivity contribution >= 4 is 17.0 Å². The van der Waals surface area contributed by atoms with Gasteiger partial charge >= 0.3 is 0 Å². The quantitative estimate of drug-likeness (QED) is 0.471. The van der Waals surface area contributed by atoms with Crippen molar-refractivity contribution in [2.45, 2.75) is 13.0 Å². The highest BCUT2D eigenvalue weighted by Gasteiger charge is 2.19. The number of nitrogens with zero attached hydrogens (tertiary/aromatic N) is 3. The van der Waals surface area contributed by atoms with Crippen LogP contribution in [0.1, 0.15) is 11.1 Å². The van der Waals surface area contributed by atoms with Crippen molar-refractivity contribution in [3.05, 3.63) is 77.7 Å². The average molecular weight is 418 g/mol. The zero-order valence-corrected chi connectivity index (χ0v) is 17.2. The van der Waals surface area contributed by atoms with E-state index in [1.165, 1.54) is 17.7 Å². The van der Waals surface area contributed by atoms with Crippen LogP contribution in [-0.2, 0) is 24.8 Å². The maximum atomic E-state index is 12.9. The molecule has 0 radical (unpaired) electrons. The smallest absolute Gasteiger partial charge is 0.219 e. The molecule has 2 aromatic heterocycles. The third-order valence-electron chi connectivity index (χ3n) is 5.47. The van der Waals surface area contributed by atoms with E-state index in [0.29, 0.717) is 24.1 Å². The Morgan fingerprint density at radius 1 is 1.10 bits per heavy atom. The molecule has 1 aliphatic heterocycles. The molecule has 1 aliphatic rings. The first-order valence-corrected chi connectivity index (χ1v) is 10.3. The standard InChI is InChI=1S/C24H23FN4O2/c1-29-22-11-17(10-18-14-30-15-18)4-8-21(22)28-24(29)27-12-16-2-6-20(7-3-16)31-23-9-5-19(25)13-26-23/h2-9,11,13,18H,10,12,14-15H2,1H3,(H,27,28). The molecule has 0 spiro atoms. The van der Waals surface area contributed by atoms with E-state index in [2.05, 4.69) is 33.1 Å². The van der Waals surface area contributed by atoms with Crippen molar-refractivity contribution in [2.24, 2.45) is 13.0 Å². The second-order valence-electron chi connectivity index (χ2n) is 7.84. The molecule has 1 fully saturated rings. The van der Waals surface area contributed by atoms with Crippen molar-refractivity contribution in [2.75, 3.05) is 18.5 Å². The van der Waals surface area contributed by atoms with Gasteiger partial charge in [-0.05, 0) is 47.9 Å². The summed E-state index contributed by atoms with van der Waals surface area (Å²) in [5, 5.41) is 3.41. The number of hydrogen-bond donors (Lipinski definition) is 1. The van der Waals surface area contributed by atoms with Gasteiger partial charge in [0.1, 0.15) is 11.6 Å². The molecule has 3 heterocycles. The second-order valence-corrected chi connectivity index (χ2v) is 7.84. The first kappa shape index (κ1) is 19.5. The molecule has 1 N–H and O–H groups in total. The van der Waals surface area contributed by atoms with E-state index in [0.717, 1.165) is 48.4 Å². The molecule has 5 rings (SSSR count). The van der Waals surface area contributed by atoms with Gasteiger partial charge in [0.25, 0.3) is 0 Å². The highest BCUT2D eigenvalue weighted by atomic mass is 19.1. The second kappa shape index (κ2) is 8.35. The van der Waals surface area contributed by atoms with Crippen LogP contribution in [0.5, 0.6) is 11.6 Å². The molecule has 158 valence electrons. The van der Waals surface area contributed by atoms with E-state index >= 15 is 0 Å². The lowest BCUT2D eigenvalue weighted by atomic mass is 9.98. The van der Waals surface area contributed by atoms with Crippen LogP contribution < -0.4 is 10.1 Å². The number of nitrogens with one attached hydrogen (secondary N) is 1. The Balaban J connectivity index is 1.23. The summed E-state index contributed by atoms with van der Waals surface area (Å²) in [6, 6.07) is 17.0. The van der Waals surface area contributed by atoms with Gasteiger partial charge < -0.3 is 19.4 Å². The number of benzene rings is 2. The molecule has 2 aromatic carbocycles. The van der Waals surface area contributed by atoms with Crippen molar-refractivity contribution in [3.63, 3.8) is 0 Å². The SMILES string of the molecule is Cn1c(NCc2ccc(Oc3ccc(F)cn3)cc2)nc2ccc(CC3COC3)cc21. The third-order valence-corrected chi connectivity index (χ3v) is 5.47. The summed E-state index contributed by atoms with van der Waals surface area (Å²) < 4.78 is 26.0. The van der Waals surface area contributed by atoms with Gasteiger partial charge in [0.15, 0.2) is 0 Å². The van der Waals surface area contributed by atoms with Crippen LogP contribution in [0.25, 0.3) is 11.0 Å². The number of aromatic nitrogens is 3. The predicted octanol–water partition coefficient (Wildman–Crippen LogP) is 4.70. The van der Waals surface area contributed by atoms with Crippen LogP contribution >= 0.6 is 0 Å². The lowest BCUT2D eigenvalue weighted by Gasteiger charge is -2.25. The molecule has 0 aliphatic carbocycles. The summed E-state index contributed by atoms with van der Waals surface area (Å²) in [5.41, 5.74) is 4.52. The minimum Gasteiger partial charge on any atom is -0.439 e. The number of hydrogen-bond acceptors (Lipinski definition) is 5. The molecule has 0 amide bonds. The summed E-state index contributed by atoms with van der Waals surface area (Å²) in [5.74, 6) is 2.08. The summed E-state index contributed by atoms with van der Waals surface area (Å²) in [6.45, 7) is 2.36. The largest absolute Gasteiger partial charge is 0.439 e. The van der Waals surface area contributed by atoms with Crippen LogP contribution in [0.3, 0.4) is 0 Å². The fourth-order valence-corrected chi connectivity index (χ4v) is 3.66. The van der Waals surface area contributed by atoms with Crippen LogP contribution in [0, 0.1) is 11.7 Å². The number of anilines is 1. The van der Waals surface area contributed by atoms with Crippen molar-refractivity contribution in [1.29, 1.82) is 0 Å². The van der Waals surface area contributed by atoms with Gasteiger partial charge in [0.05, 0.1) is 30.4 Å². The van der Waals surface area contributed by atoms with E-state index in [9.17, 15) is 4.39 Å². The van der Waals surface area contributed by atoms with Gasteiger partial charge in [-0.2, -0.15) is 0 Å². The highest BCUT2D eigenvalue weighted by molar-refractivity contribution is 5.79. The highest BCUT2D eigenvalue weighted by Crippen LogP contribution is 2.24. The van der Waals surface area contributed by atoms with E-state index in [1.54, 1.807) is 0 Å². The molecule has 0 saturated carbocycles. The van der Waals surface area contributed by atoms with Gasteiger partial charge in [-0.1, -0.05) is 18.2 Å². The third kappa shape index (κ3) is 4.36. The number of aryl methyl sites for hydroxylation is 1. The number of imidazole rings is 1. The Morgan fingerprint density at radius 2 is 1.90 bits per heavy atom. The summed E-state index contributed by atoms with van der Waals surface area (Å²) in [6.07, 6.45) is 2.18. The van der Waals surface area contributed by atoms with Gasteiger partial charge in [-0.25, -0.2) is 14.4 Å². The minimum atomic E-state index is -0.389. The van der Waals surface area contributed by atoms with Crippen LogP contribution in [-0.4, -0.2) is 27.7 Å². The van der Waals surface area contributed by atoms with E-state index in [-0.39, 0.29) is 5.82 Å². The van der Waals surface area contributed by atoms with Crippen LogP contribution in [0.15, 0.2) is 60.8 Å². The van der Waals surface area contributed by atoms with Crippen molar-refractivity contribution in [3.8, 4) is 11.6 Å². The number of halogens is 1. The van der Waals surface area contributed by atoms with Gasteiger partial charge in [-0.15, -0.1) is 0 Å². The lowest BCUT2D eigenvalue weighted by molar-refractivity contribution is -0.0312. The zero-order valence-electron chi connectivity index (χ0n) is 17.2. The molecule has 0 unspecified atom stereocenters. The fraction of sp³-hybridized carbons (Fsp3) is 0.250. The number of pyridine rings is 1. The molecular weight excluding hydrogens is 395 g/mol. The first-order valence-electron chi connectivity index (χ1n) is 10.3. The Hall–Kier alpha value is -3.45. The van der Waals surface area contributed by atoms with Gasteiger partial charge in [0, 0.05) is 25.6 Å². The van der Waals surface area contributed by atoms with E-state index < -0.39 is 0 Å². The number of fused-ring (bicyclic) bond motifs is 1. The maximum absolute atomic E-state index is 12.9. The average Bonchev–Trinajstić information content (AvgIpc) is 3.07. The zero-order chi connectivity index (χ0) is 21.2. The molecule has 7 heteroatoms. The van der Waals surface area contributed by atoms with E-state index in [1.807, 2.05) is 31.3 Å². The van der Waals surface area contributed by atoms with E-state index in [4.69, 9.17) is 14.5 Å². The Labute approximate surface area is 179 Å². The molecule has 6 nitrogen and oxygen atoms in total. The molecule has 0 bridgehead atoms. The minimum absolute atomic E-state index is 0.358. The summed E-state index contributed by atoms with van der Waals surface area (Å²) >= 11 is 0. The Kier molecular flexibility index (Phi) is 5.26. The summed E-state index contributed by atoms with van der Waals surface area (Å²) in [4.78, 5) is 8.63. The fourth-order valence-electron chi connectivity index (χ4n) is 3.66. The Morgan fingerprint density at radius 3 is 2.61 bits per heavy atom. The van der Waals surface area contributed by atoms with Gasteiger partial charge in [-0.3, -0.25) is 0 Å². The number of ether oxygens (including phenoxy) is 2. The Bertz CT molecular complexity index is 1180. The summed E-state index contributed by atoms with van der Waals surface area (Å²) in [7, 11) is 2.03. The van der Waals surface area contributed by atoms with Crippen LogP contribution in [0.4, 0.5) is 10.3 Å². The maximum Gasteiger partial charge on any atom is 0.219 e. The molecule has 0 atom stereocenters. The molecule has 31 heavy (non-hydrogen) atoms. The number of rotatable bonds is 7. The van der Waals surface area contributed by atoms with Crippen molar-refractivity contribution < 1.29 is 13.9 Å². The van der Waals surface area contributed by atoms with Crippen molar-refractivity contribution in [1.82, 2.24) is 14.5 Å². The lowest BCUT2D eigenvalue weighted by Crippen LogP contribution is -2.29. The van der Waals surface area contributed by atoms with Gasteiger partial charge in [0.2, 0.25) is 11.8 Å². The normalized spacial score (nSPS) is 13.9. The first-order chi connectivity index (χ1) is 15.1. The van der Waals surface area contributed by atoms with Crippen LogP contribution in [0.2, 0.25) is 0 Å². The topological polar surface area (TPSA) is 61.2 Å². The molecule has 1 saturated heterocycles.